The molecule has 33 heavy (non-hydrogen) atoms. The first-order valence-corrected chi connectivity index (χ1v) is 10.4. The molecule has 4 rings (SSSR count). The van der Waals surface area contributed by atoms with E-state index in [-0.39, 0.29) is 10.9 Å². The largest absolute Gasteiger partial charge is 0.385 e. The van der Waals surface area contributed by atoms with Crippen LogP contribution in [0.3, 0.4) is 0 Å². The van der Waals surface area contributed by atoms with Gasteiger partial charge in [-0.3, -0.25) is 0 Å². The van der Waals surface area contributed by atoms with Gasteiger partial charge in [0.05, 0.1) is 5.56 Å². The van der Waals surface area contributed by atoms with Crippen molar-refractivity contribution >= 4 is 10.8 Å². The maximum atomic E-state index is 14.6. The van der Waals surface area contributed by atoms with Crippen LogP contribution in [0.15, 0.2) is 66.7 Å². The summed E-state index contributed by atoms with van der Waals surface area (Å²) in [5, 5.41) is 0.742. The van der Waals surface area contributed by atoms with Gasteiger partial charge in [0, 0.05) is 30.2 Å². The van der Waals surface area contributed by atoms with Gasteiger partial charge in [0.25, 0.3) is 0 Å². The maximum Gasteiger partial charge on any atom is 0.166 e. The van der Waals surface area contributed by atoms with Gasteiger partial charge in [-0.25, -0.2) is 17.6 Å². The Bertz CT molecular complexity index is 1340. The van der Waals surface area contributed by atoms with E-state index in [2.05, 4.69) is 11.8 Å². The third-order valence-electron chi connectivity index (χ3n) is 5.35. The van der Waals surface area contributed by atoms with Gasteiger partial charge in [-0.1, -0.05) is 36.1 Å². The first-order chi connectivity index (χ1) is 16.0. The molecule has 0 aliphatic carbocycles. The van der Waals surface area contributed by atoms with Gasteiger partial charge in [-0.15, -0.1) is 0 Å². The smallest absolute Gasteiger partial charge is 0.166 e. The van der Waals surface area contributed by atoms with Gasteiger partial charge in [-0.05, 0) is 71.8 Å². The van der Waals surface area contributed by atoms with Crippen LogP contribution < -0.4 is 0 Å². The molecule has 0 N–H and O–H groups in total. The molecule has 0 aliphatic rings. The lowest BCUT2D eigenvalue weighted by Crippen LogP contribution is -1.97. The Kier molecular flexibility index (Phi) is 6.76. The number of rotatable bonds is 5. The van der Waals surface area contributed by atoms with Crippen LogP contribution in [0.5, 0.6) is 0 Å². The normalized spacial score (nSPS) is 10.8. The van der Waals surface area contributed by atoms with Crippen molar-refractivity contribution in [2.45, 2.75) is 12.8 Å². The predicted octanol–water partition coefficient (Wildman–Crippen LogP) is 7.04. The van der Waals surface area contributed by atoms with Crippen molar-refractivity contribution in [1.29, 1.82) is 0 Å². The maximum absolute atomic E-state index is 14.6. The summed E-state index contributed by atoms with van der Waals surface area (Å²) in [6.07, 6.45) is 1.22. The second-order valence-corrected chi connectivity index (χ2v) is 7.66. The number of hydrogen-bond acceptors (Lipinski definition) is 1. The molecule has 0 saturated heterocycles. The summed E-state index contributed by atoms with van der Waals surface area (Å²) in [6, 6.07) is 16.7. The molecule has 0 fully saturated rings. The fraction of sp³-hybridized carbons (Fsp3) is 0.143. The third-order valence-corrected chi connectivity index (χ3v) is 5.35. The van der Waals surface area contributed by atoms with E-state index in [1.807, 2.05) is 0 Å². The first kappa shape index (κ1) is 22.6. The van der Waals surface area contributed by atoms with Gasteiger partial charge >= 0.3 is 0 Å². The van der Waals surface area contributed by atoms with E-state index in [1.54, 1.807) is 43.5 Å². The minimum atomic E-state index is -0.893. The van der Waals surface area contributed by atoms with E-state index >= 15 is 0 Å². The van der Waals surface area contributed by atoms with Crippen LogP contribution in [0, 0.1) is 35.1 Å². The number of methoxy groups -OCH3 is 1. The highest BCUT2D eigenvalue weighted by Gasteiger charge is 2.13. The molecule has 0 unspecified atom stereocenters. The topological polar surface area (TPSA) is 9.23 Å². The van der Waals surface area contributed by atoms with Gasteiger partial charge in [0.2, 0.25) is 0 Å². The molecule has 0 aliphatic heterocycles. The van der Waals surface area contributed by atoms with Crippen LogP contribution in [0.1, 0.15) is 23.1 Å². The van der Waals surface area contributed by atoms with Gasteiger partial charge < -0.3 is 4.74 Å². The minimum absolute atomic E-state index is 0.0752. The van der Waals surface area contributed by atoms with Crippen LogP contribution in [-0.2, 0) is 11.2 Å². The van der Waals surface area contributed by atoms with Gasteiger partial charge in [0.1, 0.15) is 11.6 Å². The Balaban J connectivity index is 1.55. The third kappa shape index (κ3) is 5.08. The van der Waals surface area contributed by atoms with Crippen LogP contribution in [0.2, 0.25) is 0 Å². The van der Waals surface area contributed by atoms with Crippen LogP contribution >= 0.6 is 0 Å². The Morgan fingerprint density at radius 2 is 1.39 bits per heavy atom. The number of fused-ring (bicyclic) bond motifs is 1. The summed E-state index contributed by atoms with van der Waals surface area (Å²) in [4.78, 5) is 0. The fourth-order valence-corrected chi connectivity index (χ4v) is 3.67. The molecule has 0 spiro atoms. The highest BCUT2D eigenvalue weighted by atomic mass is 19.2. The lowest BCUT2D eigenvalue weighted by Gasteiger charge is -2.09. The molecule has 0 heterocycles. The molecular formula is C28H20F4O. The average molecular weight is 448 g/mol. The zero-order valence-corrected chi connectivity index (χ0v) is 17.9. The van der Waals surface area contributed by atoms with Crippen LogP contribution in [0.4, 0.5) is 17.6 Å². The quantitative estimate of drug-likeness (QED) is 0.181. The van der Waals surface area contributed by atoms with E-state index in [0.29, 0.717) is 47.1 Å². The Hall–Kier alpha value is -3.62. The zero-order valence-electron chi connectivity index (χ0n) is 17.9. The molecular weight excluding hydrogens is 428 g/mol. The van der Waals surface area contributed by atoms with E-state index < -0.39 is 23.3 Å². The summed E-state index contributed by atoms with van der Waals surface area (Å²) in [7, 11) is 1.59. The van der Waals surface area contributed by atoms with Crippen LogP contribution in [0.25, 0.3) is 21.9 Å². The Labute approximate surface area is 189 Å². The van der Waals surface area contributed by atoms with Gasteiger partial charge in [-0.2, -0.15) is 0 Å². The molecule has 0 amide bonds. The molecule has 4 aromatic carbocycles. The molecule has 0 aromatic heterocycles. The lowest BCUT2D eigenvalue weighted by molar-refractivity contribution is 0.195. The molecule has 1 nitrogen and oxygen atoms in total. The molecule has 0 bridgehead atoms. The molecule has 0 saturated carbocycles. The molecule has 4 aromatic rings. The minimum Gasteiger partial charge on any atom is -0.385 e. The first-order valence-electron chi connectivity index (χ1n) is 10.4. The van der Waals surface area contributed by atoms with Gasteiger partial charge in [0.15, 0.2) is 11.6 Å². The van der Waals surface area contributed by atoms with E-state index in [0.717, 1.165) is 6.07 Å². The second kappa shape index (κ2) is 9.89. The Morgan fingerprint density at radius 1 is 0.727 bits per heavy atom. The van der Waals surface area contributed by atoms with Crippen molar-refractivity contribution in [1.82, 2.24) is 0 Å². The second-order valence-electron chi connectivity index (χ2n) is 7.66. The van der Waals surface area contributed by atoms with E-state index in [1.165, 1.54) is 24.3 Å². The van der Waals surface area contributed by atoms with Crippen molar-refractivity contribution in [3.05, 3.63) is 107 Å². The highest BCUT2D eigenvalue weighted by molar-refractivity contribution is 5.84. The van der Waals surface area contributed by atoms with Crippen molar-refractivity contribution in [2.24, 2.45) is 0 Å². The number of halogens is 4. The summed E-state index contributed by atoms with van der Waals surface area (Å²) in [5.41, 5.74) is 2.22. The number of hydrogen-bond donors (Lipinski definition) is 0. The van der Waals surface area contributed by atoms with Crippen molar-refractivity contribution in [3.8, 4) is 23.0 Å². The van der Waals surface area contributed by atoms with E-state index in [4.69, 9.17) is 4.74 Å². The monoisotopic (exact) mass is 448 g/mol. The number of ether oxygens (including phenoxy) is 1. The number of benzene rings is 4. The molecule has 0 atom stereocenters. The SMILES string of the molecule is COCCCc1cc(F)c(-c2ccc(C#Cc3ccc4c(F)c(F)ccc4c3)cc2)c(F)c1. The van der Waals surface area contributed by atoms with Crippen molar-refractivity contribution in [3.63, 3.8) is 0 Å². The van der Waals surface area contributed by atoms with Crippen molar-refractivity contribution in [2.75, 3.05) is 13.7 Å². The summed E-state index contributed by atoms with van der Waals surface area (Å²) < 4.78 is 61.4. The molecule has 166 valence electrons. The zero-order chi connectivity index (χ0) is 23.4. The predicted molar refractivity (Wildman–Crippen MR) is 122 cm³/mol. The van der Waals surface area contributed by atoms with E-state index in [9.17, 15) is 17.6 Å². The molecule has 0 radical (unpaired) electrons. The summed E-state index contributed by atoms with van der Waals surface area (Å²) in [6.45, 7) is 0.530. The lowest BCUT2D eigenvalue weighted by atomic mass is 9.99. The Morgan fingerprint density at radius 3 is 2.09 bits per heavy atom. The highest BCUT2D eigenvalue weighted by Crippen LogP contribution is 2.28. The summed E-state index contributed by atoms with van der Waals surface area (Å²) in [5.74, 6) is 2.96. The number of aryl methyl sites for hydroxylation is 1. The molecule has 5 heteroatoms. The summed E-state index contributed by atoms with van der Waals surface area (Å²) >= 11 is 0. The van der Waals surface area contributed by atoms with Crippen LogP contribution in [-0.4, -0.2) is 13.7 Å². The van der Waals surface area contributed by atoms with Crippen molar-refractivity contribution < 1.29 is 22.3 Å². The average Bonchev–Trinajstić information content (AvgIpc) is 2.81. The fourth-order valence-electron chi connectivity index (χ4n) is 3.67. The standard InChI is InChI=1S/C28H20F4O/c1-33-14-2-3-20-16-25(30)27(26(31)17-20)21-9-6-18(7-10-21)4-5-19-8-12-23-22(15-19)11-13-24(29)28(23)32/h6-13,15-17H,2-3,14H2,1H3.